The molecule has 30 heavy (non-hydrogen) atoms. The quantitative estimate of drug-likeness (QED) is 0.647. The van der Waals surface area contributed by atoms with Crippen molar-refractivity contribution in [2.45, 2.75) is 43.7 Å². The number of benzene rings is 2. The van der Waals surface area contributed by atoms with Crippen LogP contribution in [0.1, 0.15) is 42.1 Å². The summed E-state index contributed by atoms with van der Waals surface area (Å²) in [6.45, 7) is 5.31. The Labute approximate surface area is 183 Å². The monoisotopic (exact) mass is 449 g/mol. The first-order valence-electron chi connectivity index (χ1n) is 10.3. The van der Waals surface area contributed by atoms with E-state index in [1.165, 1.54) is 12.1 Å². The maximum Gasteiger partial charge on any atom is 0.251 e. The summed E-state index contributed by atoms with van der Waals surface area (Å²) in [7, 11) is -3.86. The number of hydrogen-bond donors (Lipinski definition) is 2. The predicted octanol–water partition coefficient (Wildman–Crippen LogP) is 3.42. The van der Waals surface area contributed by atoms with E-state index in [1.54, 1.807) is 6.07 Å². The summed E-state index contributed by atoms with van der Waals surface area (Å²) in [6.07, 6.45) is 2.91. The second-order valence-corrected chi connectivity index (χ2v) is 9.69. The number of carbonyl (C=O) groups is 1. The smallest absolute Gasteiger partial charge is 0.251 e. The van der Waals surface area contributed by atoms with Crippen LogP contribution in [0.5, 0.6) is 0 Å². The van der Waals surface area contributed by atoms with Crippen molar-refractivity contribution in [1.82, 2.24) is 14.9 Å². The van der Waals surface area contributed by atoms with Gasteiger partial charge in [0, 0.05) is 31.2 Å². The average Bonchev–Trinajstić information content (AvgIpc) is 2.75. The third kappa shape index (κ3) is 6.04. The molecule has 0 aromatic heterocycles. The summed E-state index contributed by atoms with van der Waals surface area (Å²) >= 11 is 6.15. The fourth-order valence-corrected chi connectivity index (χ4v) is 5.13. The summed E-state index contributed by atoms with van der Waals surface area (Å²) < 4.78 is 28.1. The van der Waals surface area contributed by atoms with Crippen LogP contribution in [0.4, 0.5) is 0 Å². The molecular weight excluding hydrogens is 422 g/mol. The van der Waals surface area contributed by atoms with Crippen molar-refractivity contribution in [1.29, 1.82) is 0 Å². The van der Waals surface area contributed by atoms with Gasteiger partial charge in [0.15, 0.2) is 0 Å². The average molecular weight is 450 g/mol. The molecule has 0 unspecified atom stereocenters. The fourth-order valence-electron chi connectivity index (χ4n) is 3.59. The Morgan fingerprint density at radius 2 is 1.83 bits per heavy atom. The Morgan fingerprint density at radius 3 is 2.50 bits per heavy atom. The first kappa shape index (κ1) is 22.7. The maximum absolute atomic E-state index is 12.8. The minimum atomic E-state index is -3.86. The van der Waals surface area contributed by atoms with Crippen molar-refractivity contribution in [3.63, 3.8) is 0 Å². The van der Waals surface area contributed by atoms with Crippen LogP contribution < -0.4 is 10.0 Å². The molecule has 0 bridgehead atoms. The van der Waals surface area contributed by atoms with Crippen LogP contribution in [-0.4, -0.2) is 44.9 Å². The highest BCUT2D eigenvalue weighted by Gasteiger charge is 2.23. The summed E-state index contributed by atoms with van der Waals surface area (Å²) in [5.74, 6) is -0.278. The van der Waals surface area contributed by atoms with Gasteiger partial charge in [-0.25, -0.2) is 13.1 Å². The molecule has 0 aliphatic carbocycles. The van der Waals surface area contributed by atoms with Crippen LogP contribution in [0.15, 0.2) is 53.4 Å². The number of amides is 1. The van der Waals surface area contributed by atoms with Crippen molar-refractivity contribution < 1.29 is 13.2 Å². The number of halogens is 1. The Hall–Kier alpha value is -1.93. The van der Waals surface area contributed by atoms with Crippen LogP contribution in [0.3, 0.4) is 0 Å². The van der Waals surface area contributed by atoms with E-state index in [4.69, 9.17) is 11.6 Å². The molecule has 162 valence electrons. The predicted molar refractivity (Wildman–Crippen MR) is 119 cm³/mol. The lowest BCUT2D eigenvalue weighted by Crippen LogP contribution is -2.44. The van der Waals surface area contributed by atoms with Crippen LogP contribution in [0, 0.1) is 0 Å². The third-order valence-corrected chi connectivity index (χ3v) is 7.14. The second-order valence-electron chi connectivity index (χ2n) is 7.54. The van der Waals surface area contributed by atoms with Crippen LogP contribution >= 0.6 is 11.6 Å². The molecule has 0 spiro atoms. The molecule has 1 amide bonds. The summed E-state index contributed by atoms with van der Waals surface area (Å²) in [5.41, 5.74) is 1.12. The molecule has 6 nitrogen and oxygen atoms in total. The van der Waals surface area contributed by atoms with Gasteiger partial charge in [-0.1, -0.05) is 48.9 Å². The number of nitrogens with zero attached hydrogens (tertiary/aromatic N) is 1. The van der Waals surface area contributed by atoms with Crippen LogP contribution in [-0.2, 0) is 16.6 Å². The number of likely N-dealkylation sites (tertiary alicyclic amines) is 1. The zero-order valence-corrected chi connectivity index (χ0v) is 18.7. The normalized spacial score (nSPS) is 15.8. The second kappa shape index (κ2) is 10.4. The van der Waals surface area contributed by atoms with Gasteiger partial charge in [0.25, 0.3) is 5.91 Å². The summed E-state index contributed by atoms with van der Waals surface area (Å²) in [6, 6.07) is 13.7. The minimum absolute atomic E-state index is 0.0833. The lowest BCUT2D eigenvalue weighted by molar-refractivity contribution is 0.0911. The van der Waals surface area contributed by atoms with Crippen molar-refractivity contribution in [2.75, 3.05) is 19.6 Å². The van der Waals surface area contributed by atoms with E-state index in [-0.39, 0.29) is 34.0 Å². The molecule has 2 aromatic rings. The number of hydrogen-bond acceptors (Lipinski definition) is 4. The molecule has 1 heterocycles. The number of nitrogens with one attached hydrogen (secondary N) is 2. The highest BCUT2D eigenvalue weighted by molar-refractivity contribution is 7.89. The van der Waals surface area contributed by atoms with Gasteiger partial charge < -0.3 is 10.2 Å². The van der Waals surface area contributed by atoms with Crippen molar-refractivity contribution in [2.24, 2.45) is 0 Å². The van der Waals surface area contributed by atoms with E-state index in [2.05, 4.69) is 21.9 Å². The molecule has 8 heteroatoms. The zero-order valence-electron chi connectivity index (χ0n) is 17.1. The Morgan fingerprint density at radius 1 is 1.13 bits per heavy atom. The molecule has 2 N–H and O–H groups in total. The lowest BCUT2D eigenvalue weighted by Gasteiger charge is -2.32. The molecule has 0 radical (unpaired) electrons. The maximum atomic E-state index is 12.8. The number of carbonyl (C=O) groups excluding carboxylic acids is 1. The van der Waals surface area contributed by atoms with Gasteiger partial charge in [-0.2, -0.15) is 0 Å². The standard InChI is InChI=1S/C22H28ClN3O3S/c1-2-12-26-13-10-19(11-14-26)25-22(27)18-8-9-20(23)21(15-18)30(28,29)24-16-17-6-4-3-5-7-17/h3-9,15,19,24H,2,10-14,16H2,1H3,(H,25,27). The summed E-state index contributed by atoms with van der Waals surface area (Å²) in [4.78, 5) is 15.0. The third-order valence-electron chi connectivity index (χ3n) is 5.25. The Bertz CT molecular complexity index is 959. The number of sulfonamides is 1. The molecular formula is C22H28ClN3O3S. The number of rotatable bonds is 8. The van der Waals surface area contributed by atoms with Gasteiger partial charge in [-0.3, -0.25) is 4.79 Å². The zero-order chi connectivity index (χ0) is 21.6. The van der Waals surface area contributed by atoms with E-state index in [0.717, 1.165) is 44.5 Å². The molecule has 0 saturated carbocycles. The van der Waals surface area contributed by atoms with Gasteiger partial charge in [0.05, 0.1) is 5.02 Å². The topological polar surface area (TPSA) is 78.5 Å². The van der Waals surface area contributed by atoms with Crippen LogP contribution in [0.2, 0.25) is 5.02 Å². The highest BCUT2D eigenvalue weighted by atomic mass is 35.5. The fraction of sp³-hybridized carbons (Fsp3) is 0.409. The first-order valence-corrected chi connectivity index (χ1v) is 12.1. The van der Waals surface area contributed by atoms with Gasteiger partial charge in [-0.05, 0) is 49.6 Å². The SMILES string of the molecule is CCCN1CCC(NC(=O)c2ccc(Cl)c(S(=O)(=O)NCc3ccccc3)c2)CC1. The Kier molecular flexibility index (Phi) is 7.88. The van der Waals surface area contributed by atoms with Crippen molar-refractivity contribution in [3.8, 4) is 0 Å². The Balaban J connectivity index is 1.66. The van der Waals surface area contributed by atoms with Crippen molar-refractivity contribution >= 4 is 27.5 Å². The molecule has 1 saturated heterocycles. The highest BCUT2D eigenvalue weighted by Crippen LogP contribution is 2.23. The largest absolute Gasteiger partial charge is 0.349 e. The molecule has 3 rings (SSSR count). The van der Waals surface area contributed by atoms with E-state index < -0.39 is 10.0 Å². The molecule has 0 atom stereocenters. The minimum Gasteiger partial charge on any atom is -0.349 e. The van der Waals surface area contributed by atoms with E-state index in [0.29, 0.717) is 0 Å². The van der Waals surface area contributed by atoms with Gasteiger partial charge in [-0.15, -0.1) is 0 Å². The first-order chi connectivity index (χ1) is 14.4. The van der Waals surface area contributed by atoms with Gasteiger partial charge in [0.1, 0.15) is 4.90 Å². The molecule has 2 aromatic carbocycles. The van der Waals surface area contributed by atoms with E-state index in [9.17, 15) is 13.2 Å². The van der Waals surface area contributed by atoms with Crippen molar-refractivity contribution in [3.05, 3.63) is 64.7 Å². The molecule has 1 aliphatic rings. The molecule has 1 aliphatic heterocycles. The van der Waals surface area contributed by atoms with Gasteiger partial charge in [0.2, 0.25) is 10.0 Å². The number of piperidine rings is 1. The summed E-state index contributed by atoms with van der Waals surface area (Å²) in [5, 5.41) is 3.11. The van der Waals surface area contributed by atoms with E-state index in [1.807, 2.05) is 30.3 Å². The lowest BCUT2D eigenvalue weighted by atomic mass is 10.0. The molecule has 1 fully saturated rings. The van der Waals surface area contributed by atoms with E-state index >= 15 is 0 Å². The van der Waals surface area contributed by atoms with Crippen LogP contribution in [0.25, 0.3) is 0 Å². The van der Waals surface area contributed by atoms with Gasteiger partial charge >= 0.3 is 0 Å².